The lowest BCUT2D eigenvalue weighted by molar-refractivity contribution is 0.139. The van der Waals surface area contributed by atoms with Crippen LogP contribution in [-0.2, 0) is 0 Å². The third-order valence-electron chi connectivity index (χ3n) is 4.23. The number of rotatable bonds is 5. The third kappa shape index (κ3) is 6.02. The number of hydrogen-bond acceptors (Lipinski definition) is 7. The number of nitrogens with one attached hydrogen (secondary N) is 2. The van der Waals surface area contributed by atoms with Crippen molar-refractivity contribution in [3.8, 4) is 16.3 Å². The van der Waals surface area contributed by atoms with Crippen molar-refractivity contribution >= 4 is 42.2 Å². The average molecular weight is 469 g/mol. The SMILES string of the molecule is Cl.Cl.O=C(NC(Oc1cccnc1)c1nnc(-c2ccccc2)s1)N1CCNCC1. The van der Waals surface area contributed by atoms with E-state index in [1.807, 2.05) is 30.3 Å². The summed E-state index contributed by atoms with van der Waals surface area (Å²) in [5, 5.41) is 16.0. The highest BCUT2D eigenvalue weighted by Crippen LogP contribution is 2.28. The Morgan fingerprint density at radius 2 is 1.87 bits per heavy atom. The zero-order chi connectivity index (χ0) is 19.2. The molecule has 8 nitrogen and oxygen atoms in total. The number of amides is 2. The summed E-state index contributed by atoms with van der Waals surface area (Å²) >= 11 is 1.39. The molecule has 2 N–H and O–H groups in total. The van der Waals surface area contributed by atoms with Crippen LogP contribution in [0.25, 0.3) is 10.6 Å². The highest BCUT2D eigenvalue weighted by Gasteiger charge is 2.25. The highest BCUT2D eigenvalue weighted by atomic mass is 35.5. The molecule has 3 aromatic rings. The summed E-state index contributed by atoms with van der Waals surface area (Å²) in [6.07, 6.45) is 2.52. The summed E-state index contributed by atoms with van der Waals surface area (Å²) < 4.78 is 5.98. The van der Waals surface area contributed by atoms with Crippen molar-refractivity contribution in [2.24, 2.45) is 0 Å². The molecular formula is C19H22Cl2N6O2S. The Hall–Kier alpha value is -2.46. The van der Waals surface area contributed by atoms with Crippen LogP contribution in [0.4, 0.5) is 4.79 Å². The fraction of sp³-hybridized carbons (Fsp3) is 0.263. The number of aromatic nitrogens is 3. The maximum Gasteiger partial charge on any atom is 0.320 e. The van der Waals surface area contributed by atoms with Gasteiger partial charge in [-0.05, 0) is 12.1 Å². The lowest BCUT2D eigenvalue weighted by Gasteiger charge is -2.29. The van der Waals surface area contributed by atoms with Crippen molar-refractivity contribution in [2.45, 2.75) is 6.23 Å². The number of pyridine rings is 1. The van der Waals surface area contributed by atoms with Gasteiger partial charge in [0, 0.05) is 37.9 Å². The van der Waals surface area contributed by atoms with Crippen LogP contribution in [-0.4, -0.2) is 52.3 Å². The van der Waals surface area contributed by atoms with Crippen LogP contribution in [0, 0.1) is 0 Å². The van der Waals surface area contributed by atoms with Crippen molar-refractivity contribution < 1.29 is 9.53 Å². The average Bonchev–Trinajstić information content (AvgIpc) is 3.25. The van der Waals surface area contributed by atoms with Crippen molar-refractivity contribution in [3.63, 3.8) is 0 Å². The van der Waals surface area contributed by atoms with Crippen molar-refractivity contribution in [3.05, 3.63) is 59.9 Å². The second kappa shape index (κ2) is 11.7. The van der Waals surface area contributed by atoms with Gasteiger partial charge in [-0.15, -0.1) is 35.0 Å². The predicted octanol–water partition coefficient (Wildman–Crippen LogP) is 3.14. The van der Waals surface area contributed by atoms with Gasteiger partial charge in [0.05, 0.1) is 6.20 Å². The van der Waals surface area contributed by atoms with Gasteiger partial charge in [0.25, 0.3) is 0 Å². The van der Waals surface area contributed by atoms with Crippen molar-refractivity contribution in [1.29, 1.82) is 0 Å². The molecule has 4 rings (SSSR count). The van der Waals surface area contributed by atoms with Crippen molar-refractivity contribution in [1.82, 2.24) is 30.7 Å². The normalized spacial score (nSPS) is 14.1. The topological polar surface area (TPSA) is 92.3 Å². The monoisotopic (exact) mass is 468 g/mol. The van der Waals surface area contributed by atoms with Crippen molar-refractivity contribution in [2.75, 3.05) is 26.2 Å². The molecule has 160 valence electrons. The number of halogens is 2. The summed E-state index contributed by atoms with van der Waals surface area (Å²) in [4.78, 5) is 18.5. The molecule has 2 amide bonds. The van der Waals surface area contributed by atoms with E-state index in [0.717, 1.165) is 23.7 Å². The quantitative estimate of drug-likeness (QED) is 0.558. The van der Waals surface area contributed by atoms with Gasteiger partial charge in [-0.3, -0.25) is 10.3 Å². The molecule has 1 unspecified atom stereocenters. The van der Waals surface area contributed by atoms with Crippen LogP contribution >= 0.6 is 36.2 Å². The second-order valence-electron chi connectivity index (χ2n) is 6.18. The zero-order valence-corrected chi connectivity index (χ0v) is 18.4. The van der Waals surface area contributed by atoms with E-state index in [1.165, 1.54) is 11.3 Å². The maximum atomic E-state index is 12.7. The molecule has 11 heteroatoms. The summed E-state index contributed by atoms with van der Waals surface area (Å²) in [7, 11) is 0. The van der Waals surface area contributed by atoms with Gasteiger partial charge >= 0.3 is 6.03 Å². The molecule has 1 fully saturated rings. The van der Waals surface area contributed by atoms with Crippen LogP contribution in [0.5, 0.6) is 5.75 Å². The number of nitrogens with zero attached hydrogens (tertiary/aromatic N) is 4. The molecule has 1 aliphatic heterocycles. The Labute approximate surface area is 190 Å². The molecule has 0 saturated carbocycles. The molecule has 1 saturated heterocycles. The van der Waals surface area contributed by atoms with E-state index in [-0.39, 0.29) is 30.8 Å². The highest BCUT2D eigenvalue weighted by molar-refractivity contribution is 7.14. The van der Waals surface area contributed by atoms with Crippen LogP contribution < -0.4 is 15.4 Å². The lowest BCUT2D eigenvalue weighted by Crippen LogP contribution is -2.51. The molecule has 30 heavy (non-hydrogen) atoms. The number of piperazine rings is 1. The Morgan fingerprint density at radius 3 is 2.57 bits per heavy atom. The summed E-state index contributed by atoms with van der Waals surface area (Å²) in [5.74, 6) is 0.546. The van der Waals surface area contributed by atoms with Gasteiger partial charge in [-0.2, -0.15) is 0 Å². The summed E-state index contributed by atoms with van der Waals surface area (Å²) in [5.41, 5.74) is 0.972. The minimum Gasteiger partial charge on any atom is -0.462 e. The number of benzene rings is 1. The van der Waals surface area contributed by atoms with E-state index in [9.17, 15) is 4.79 Å². The largest absolute Gasteiger partial charge is 0.462 e. The number of carbonyl (C=O) groups excluding carboxylic acids is 1. The van der Waals surface area contributed by atoms with Gasteiger partial charge in [-0.1, -0.05) is 41.7 Å². The van der Waals surface area contributed by atoms with Crippen LogP contribution in [0.15, 0.2) is 54.9 Å². The molecule has 1 aliphatic rings. The Balaban J connectivity index is 0.00000160. The predicted molar refractivity (Wildman–Crippen MR) is 120 cm³/mol. The Kier molecular flexibility index (Phi) is 9.25. The fourth-order valence-electron chi connectivity index (χ4n) is 2.80. The van der Waals surface area contributed by atoms with E-state index in [1.54, 1.807) is 29.4 Å². The van der Waals surface area contributed by atoms with Gasteiger partial charge < -0.3 is 15.0 Å². The van der Waals surface area contributed by atoms with Gasteiger partial charge in [0.2, 0.25) is 6.23 Å². The lowest BCUT2D eigenvalue weighted by atomic mass is 10.2. The zero-order valence-electron chi connectivity index (χ0n) is 15.9. The molecule has 3 heterocycles. The maximum absolute atomic E-state index is 12.7. The molecule has 2 aromatic heterocycles. The fourth-order valence-corrected chi connectivity index (χ4v) is 3.63. The van der Waals surface area contributed by atoms with Gasteiger partial charge in [-0.25, -0.2) is 4.79 Å². The third-order valence-corrected chi connectivity index (χ3v) is 5.25. The standard InChI is InChI=1S/C19H20N6O2S.2ClH/c26-19(25-11-9-20-10-12-25)22-16(27-15-7-4-8-21-13-15)18-24-23-17(28-18)14-5-2-1-3-6-14;;/h1-8,13,16,20H,9-12H2,(H,22,26);2*1H. The van der Waals surface area contributed by atoms with E-state index in [0.29, 0.717) is 23.8 Å². The molecular weight excluding hydrogens is 447 g/mol. The van der Waals surface area contributed by atoms with E-state index < -0.39 is 6.23 Å². The number of hydrogen-bond donors (Lipinski definition) is 2. The molecule has 1 atom stereocenters. The van der Waals surface area contributed by atoms with Gasteiger partial charge in [0.15, 0.2) is 5.01 Å². The molecule has 0 spiro atoms. The minimum atomic E-state index is -0.749. The first-order valence-corrected chi connectivity index (χ1v) is 9.83. The Morgan fingerprint density at radius 1 is 1.10 bits per heavy atom. The number of ether oxygens (including phenoxy) is 1. The first-order valence-electron chi connectivity index (χ1n) is 9.01. The number of urea groups is 1. The van der Waals surface area contributed by atoms with Crippen LogP contribution in [0.1, 0.15) is 11.2 Å². The molecule has 1 aromatic carbocycles. The molecule has 0 bridgehead atoms. The number of carbonyl (C=O) groups is 1. The molecule has 0 radical (unpaired) electrons. The van der Waals surface area contributed by atoms with E-state index >= 15 is 0 Å². The van der Waals surface area contributed by atoms with Crippen LogP contribution in [0.2, 0.25) is 0 Å². The second-order valence-corrected chi connectivity index (χ2v) is 7.19. The van der Waals surface area contributed by atoms with E-state index in [2.05, 4.69) is 25.8 Å². The first-order chi connectivity index (χ1) is 13.8. The van der Waals surface area contributed by atoms with Crippen LogP contribution in [0.3, 0.4) is 0 Å². The molecule has 0 aliphatic carbocycles. The first kappa shape index (κ1) is 23.8. The minimum absolute atomic E-state index is 0. The Bertz CT molecular complexity index is 910. The summed E-state index contributed by atoms with van der Waals surface area (Å²) in [6, 6.07) is 13.2. The van der Waals surface area contributed by atoms with E-state index in [4.69, 9.17) is 4.74 Å². The summed E-state index contributed by atoms with van der Waals surface area (Å²) in [6.45, 7) is 2.85. The van der Waals surface area contributed by atoms with Gasteiger partial charge in [0.1, 0.15) is 10.8 Å². The smallest absolute Gasteiger partial charge is 0.320 e.